The Labute approximate surface area is 151 Å². The van der Waals surface area contributed by atoms with Gasteiger partial charge < -0.3 is 0 Å². The summed E-state index contributed by atoms with van der Waals surface area (Å²) in [6.07, 6.45) is 1.22. The van der Waals surface area contributed by atoms with E-state index in [1.807, 2.05) is 19.9 Å². The number of rotatable bonds is 4. The fourth-order valence-corrected chi connectivity index (χ4v) is 5.97. The molecule has 0 bridgehead atoms. The van der Waals surface area contributed by atoms with Crippen LogP contribution >= 0.6 is 11.3 Å². The van der Waals surface area contributed by atoms with E-state index in [1.54, 1.807) is 29.6 Å². The van der Waals surface area contributed by atoms with Gasteiger partial charge >= 0.3 is 0 Å². The number of nitrogens with zero attached hydrogens (tertiary/aromatic N) is 3. The number of aryl methyl sites for hydroxylation is 4. The third-order valence-corrected chi connectivity index (χ3v) is 6.97. The van der Waals surface area contributed by atoms with E-state index in [4.69, 9.17) is 0 Å². The van der Waals surface area contributed by atoms with Gasteiger partial charge in [-0.3, -0.25) is 14.4 Å². The Hall–Kier alpha value is -1.71. The first-order valence-electron chi connectivity index (χ1n) is 8.10. The number of amides is 1. The molecule has 0 aliphatic carbocycles. The van der Waals surface area contributed by atoms with Crippen LogP contribution < -0.4 is 9.62 Å². The van der Waals surface area contributed by atoms with Crippen molar-refractivity contribution in [3.05, 3.63) is 27.6 Å². The van der Waals surface area contributed by atoms with Crippen LogP contribution in [0.2, 0.25) is 0 Å². The number of nitrogens with one attached hydrogen (secondary N) is 1. The van der Waals surface area contributed by atoms with Crippen molar-refractivity contribution in [1.29, 1.82) is 0 Å². The highest BCUT2D eigenvalue weighted by Crippen LogP contribution is 2.27. The number of piperidine rings is 1. The van der Waals surface area contributed by atoms with Gasteiger partial charge in [0.05, 0.1) is 10.6 Å². The molecule has 2 aromatic heterocycles. The van der Waals surface area contributed by atoms with Crippen LogP contribution in [-0.2, 0) is 21.9 Å². The number of carbonyl (C=O) groups excluding carboxylic acids is 1. The van der Waals surface area contributed by atoms with E-state index in [-0.39, 0.29) is 10.8 Å². The Kier molecular flexibility index (Phi) is 4.74. The summed E-state index contributed by atoms with van der Waals surface area (Å²) in [6, 6.07) is 2.73. The second-order valence-electron chi connectivity index (χ2n) is 6.35. The molecule has 7 nitrogen and oxygen atoms in total. The molecule has 136 valence electrons. The number of anilines is 1. The Balaban J connectivity index is 1.84. The second kappa shape index (κ2) is 6.54. The summed E-state index contributed by atoms with van der Waals surface area (Å²) in [7, 11) is -1.94. The van der Waals surface area contributed by atoms with E-state index in [1.165, 1.54) is 11.3 Å². The van der Waals surface area contributed by atoms with Crippen molar-refractivity contribution in [3.8, 4) is 0 Å². The van der Waals surface area contributed by atoms with Crippen molar-refractivity contribution >= 4 is 33.1 Å². The number of thiophene rings is 1. The second-order valence-corrected chi connectivity index (χ2v) is 9.49. The standard InChI is InChI=1S/C16H22N4O3S2/c1-10-8-15(19(4)17-10)20-7-5-6-13(16(20)21)18-25(22,23)14-9-11(2)24-12(14)3/h8-9,13,18H,5-7H2,1-4H3/t13-/m1/s1. The zero-order chi connectivity index (χ0) is 18.4. The summed E-state index contributed by atoms with van der Waals surface area (Å²) >= 11 is 1.43. The fraction of sp³-hybridized carbons (Fsp3) is 0.500. The van der Waals surface area contributed by atoms with Gasteiger partial charge in [0, 0.05) is 29.4 Å². The van der Waals surface area contributed by atoms with Gasteiger partial charge in [0.15, 0.2) is 0 Å². The highest BCUT2D eigenvalue weighted by Gasteiger charge is 2.35. The van der Waals surface area contributed by atoms with Gasteiger partial charge in [0.2, 0.25) is 15.9 Å². The molecule has 1 amide bonds. The third-order valence-electron chi connectivity index (χ3n) is 4.27. The molecule has 3 rings (SSSR count). The summed E-state index contributed by atoms with van der Waals surface area (Å²) < 4.78 is 29.7. The number of aromatic nitrogens is 2. The lowest BCUT2D eigenvalue weighted by molar-refractivity contribution is -0.121. The first-order valence-corrected chi connectivity index (χ1v) is 10.4. The number of sulfonamides is 1. The lowest BCUT2D eigenvalue weighted by Gasteiger charge is -2.32. The van der Waals surface area contributed by atoms with Crippen LogP contribution in [0.25, 0.3) is 0 Å². The van der Waals surface area contributed by atoms with Crippen LogP contribution in [0.5, 0.6) is 0 Å². The van der Waals surface area contributed by atoms with Crippen molar-refractivity contribution in [3.63, 3.8) is 0 Å². The van der Waals surface area contributed by atoms with Crippen molar-refractivity contribution < 1.29 is 13.2 Å². The van der Waals surface area contributed by atoms with Crippen molar-refractivity contribution in [2.24, 2.45) is 7.05 Å². The normalized spacial score (nSPS) is 18.8. The van der Waals surface area contributed by atoms with Gasteiger partial charge in [-0.25, -0.2) is 8.42 Å². The zero-order valence-corrected chi connectivity index (χ0v) is 16.4. The summed E-state index contributed by atoms with van der Waals surface area (Å²) in [5.41, 5.74) is 0.817. The molecule has 1 N–H and O–H groups in total. The molecule has 1 saturated heterocycles. The molecule has 0 aromatic carbocycles. The van der Waals surface area contributed by atoms with Crippen molar-refractivity contribution in [1.82, 2.24) is 14.5 Å². The summed E-state index contributed by atoms with van der Waals surface area (Å²) in [5.74, 6) is 0.455. The van der Waals surface area contributed by atoms with E-state index in [0.29, 0.717) is 18.8 Å². The molecular weight excluding hydrogens is 360 g/mol. The quantitative estimate of drug-likeness (QED) is 0.875. The van der Waals surface area contributed by atoms with Gasteiger partial charge in [-0.1, -0.05) is 0 Å². The minimum absolute atomic E-state index is 0.234. The zero-order valence-electron chi connectivity index (χ0n) is 14.7. The molecule has 25 heavy (non-hydrogen) atoms. The Bertz CT molecular complexity index is 914. The highest BCUT2D eigenvalue weighted by molar-refractivity contribution is 7.89. The summed E-state index contributed by atoms with van der Waals surface area (Å²) in [5, 5.41) is 4.27. The van der Waals surface area contributed by atoms with Crippen LogP contribution in [0.1, 0.15) is 28.3 Å². The minimum atomic E-state index is -3.72. The van der Waals surface area contributed by atoms with E-state index >= 15 is 0 Å². The summed E-state index contributed by atoms with van der Waals surface area (Å²) in [4.78, 5) is 16.4. The van der Waals surface area contributed by atoms with Crippen LogP contribution in [-0.4, -0.2) is 36.7 Å². The van der Waals surface area contributed by atoms with E-state index in [9.17, 15) is 13.2 Å². The van der Waals surface area contributed by atoms with Gasteiger partial charge in [-0.15, -0.1) is 11.3 Å². The van der Waals surface area contributed by atoms with E-state index < -0.39 is 16.1 Å². The van der Waals surface area contributed by atoms with E-state index in [0.717, 1.165) is 21.9 Å². The topological polar surface area (TPSA) is 84.3 Å². The molecule has 0 radical (unpaired) electrons. The molecule has 1 aliphatic rings. The predicted octanol–water partition coefficient (Wildman–Crippen LogP) is 1.88. The summed E-state index contributed by atoms with van der Waals surface area (Å²) in [6.45, 7) is 6.07. The Morgan fingerprint density at radius 2 is 2.00 bits per heavy atom. The van der Waals surface area contributed by atoms with Crippen LogP contribution in [0.4, 0.5) is 5.82 Å². The number of hydrogen-bond acceptors (Lipinski definition) is 5. The predicted molar refractivity (Wildman–Crippen MR) is 97.4 cm³/mol. The maximum Gasteiger partial charge on any atom is 0.246 e. The van der Waals surface area contributed by atoms with Gasteiger partial charge in [-0.05, 0) is 39.7 Å². The molecule has 3 heterocycles. The van der Waals surface area contributed by atoms with Crippen molar-refractivity contribution in [2.45, 2.75) is 44.6 Å². The average Bonchev–Trinajstić information content (AvgIpc) is 3.03. The molecule has 1 aliphatic heterocycles. The lowest BCUT2D eigenvalue weighted by Crippen LogP contribution is -2.52. The van der Waals surface area contributed by atoms with Gasteiger partial charge in [0.1, 0.15) is 11.9 Å². The van der Waals surface area contributed by atoms with Gasteiger partial charge in [0.25, 0.3) is 0 Å². The molecule has 0 spiro atoms. The van der Waals surface area contributed by atoms with Gasteiger partial charge in [-0.2, -0.15) is 9.82 Å². The Morgan fingerprint density at radius 1 is 1.28 bits per heavy atom. The largest absolute Gasteiger partial charge is 0.296 e. The first kappa shape index (κ1) is 18.1. The molecule has 1 fully saturated rings. The van der Waals surface area contributed by atoms with Crippen LogP contribution in [0.3, 0.4) is 0 Å². The molecule has 9 heteroatoms. The smallest absolute Gasteiger partial charge is 0.246 e. The SMILES string of the molecule is Cc1cc(N2CCC[C@@H](NS(=O)(=O)c3cc(C)sc3C)C2=O)n(C)n1. The monoisotopic (exact) mass is 382 g/mol. The molecule has 0 saturated carbocycles. The lowest BCUT2D eigenvalue weighted by atomic mass is 10.1. The average molecular weight is 383 g/mol. The maximum atomic E-state index is 12.8. The van der Waals surface area contributed by atoms with E-state index in [2.05, 4.69) is 9.82 Å². The van der Waals surface area contributed by atoms with Crippen LogP contribution in [0, 0.1) is 20.8 Å². The Morgan fingerprint density at radius 3 is 2.56 bits per heavy atom. The molecule has 1 atom stereocenters. The van der Waals surface area contributed by atoms with Crippen molar-refractivity contribution in [2.75, 3.05) is 11.4 Å². The fourth-order valence-electron chi connectivity index (χ4n) is 3.19. The minimum Gasteiger partial charge on any atom is -0.296 e. The molecule has 2 aromatic rings. The maximum absolute atomic E-state index is 12.8. The number of carbonyl (C=O) groups is 1. The molecule has 0 unspecified atom stereocenters. The first-order chi connectivity index (χ1) is 11.7. The highest BCUT2D eigenvalue weighted by atomic mass is 32.2. The third kappa shape index (κ3) is 3.49. The number of hydrogen-bond donors (Lipinski definition) is 1. The molecular formula is C16H22N4O3S2. The van der Waals surface area contributed by atoms with Crippen LogP contribution in [0.15, 0.2) is 17.0 Å².